The maximum absolute atomic E-state index is 11.3. The number of Topliss-reactive ketones (excluding diaryl/α,β-unsaturated/α-hetero) is 1. The van der Waals surface area contributed by atoms with Gasteiger partial charge in [-0.25, -0.2) is 4.79 Å². The van der Waals surface area contributed by atoms with E-state index in [0.717, 1.165) is 6.42 Å². The minimum absolute atomic E-state index is 0.00291. The van der Waals surface area contributed by atoms with Gasteiger partial charge in [-0.3, -0.25) is 9.69 Å². The number of nitrogens with zero attached hydrogens (tertiary/aromatic N) is 1. The first kappa shape index (κ1) is 10.0. The van der Waals surface area contributed by atoms with Crippen LogP contribution in [-0.2, 0) is 9.53 Å². The van der Waals surface area contributed by atoms with Gasteiger partial charge in [0, 0.05) is 12.5 Å². The molecule has 0 aliphatic carbocycles. The first-order chi connectivity index (χ1) is 6.15. The molecule has 0 spiro atoms. The standard InChI is InChI=1S/C9H15NO3/c1-3-4-13-9(12)10-6-8(11)5-7(10)2/h7H,3-6H2,1-2H3. The number of rotatable bonds is 2. The van der Waals surface area contributed by atoms with E-state index in [1.807, 2.05) is 13.8 Å². The van der Waals surface area contributed by atoms with E-state index in [1.54, 1.807) is 0 Å². The van der Waals surface area contributed by atoms with Crippen LogP contribution in [0.5, 0.6) is 0 Å². The second-order valence-electron chi connectivity index (χ2n) is 3.33. The van der Waals surface area contributed by atoms with Crippen LogP contribution in [0.15, 0.2) is 0 Å². The topological polar surface area (TPSA) is 46.6 Å². The molecule has 0 bridgehead atoms. The summed E-state index contributed by atoms with van der Waals surface area (Å²) in [6.45, 7) is 4.43. The molecule has 1 atom stereocenters. The van der Waals surface area contributed by atoms with E-state index in [9.17, 15) is 9.59 Å². The Morgan fingerprint density at radius 3 is 2.85 bits per heavy atom. The van der Waals surface area contributed by atoms with Gasteiger partial charge >= 0.3 is 6.09 Å². The highest BCUT2D eigenvalue weighted by Gasteiger charge is 2.31. The highest BCUT2D eigenvalue weighted by Crippen LogP contribution is 2.14. The molecule has 0 aromatic rings. The molecule has 4 nitrogen and oxygen atoms in total. The van der Waals surface area contributed by atoms with E-state index >= 15 is 0 Å². The van der Waals surface area contributed by atoms with Gasteiger partial charge in [0.15, 0.2) is 5.78 Å². The molecule has 4 heteroatoms. The van der Waals surface area contributed by atoms with E-state index < -0.39 is 0 Å². The fraction of sp³-hybridized carbons (Fsp3) is 0.778. The van der Waals surface area contributed by atoms with Crippen molar-refractivity contribution in [3.05, 3.63) is 0 Å². The molecule has 13 heavy (non-hydrogen) atoms. The van der Waals surface area contributed by atoms with Gasteiger partial charge in [0.25, 0.3) is 0 Å². The Labute approximate surface area is 77.8 Å². The number of ketones is 1. The molecule has 1 heterocycles. The van der Waals surface area contributed by atoms with Crippen LogP contribution in [-0.4, -0.2) is 36.0 Å². The van der Waals surface area contributed by atoms with Crippen molar-refractivity contribution in [3.8, 4) is 0 Å². The lowest BCUT2D eigenvalue weighted by molar-refractivity contribution is -0.116. The van der Waals surface area contributed by atoms with Crippen molar-refractivity contribution in [3.63, 3.8) is 0 Å². The lowest BCUT2D eigenvalue weighted by atomic mass is 10.2. The van der Waals surface area contributed by atoms with Crippen LogP contribution in [0.25, 0.3) is 0 Å². The molecule has 0 saturated carbocycles. The zero-order valence-corrected chi connectivity index (χ0v) is 8.08. The van der Waals surface area contributed by atoms with Crippen molar-refractivity contribution in [1.29, 1.82) is 0 Å². The molecule has 1 saturated heterocycles. The lowest BCUT2D eigenvalue weighted by Crippen LogP contribution is -2.34. The number of ether oxygens (including phenoxy) is 1. The molecule has 1 unspecified atom stereocenters. The number of carbonyl (C=O) groups excluding carboxylic acids is 2. The molecule has 1 amide bonds. The summed E-state index contributed by atoms with van der Waals surface area (Å²) in [6, 6.07) is -0.00291. The zero-order chi connectivity index (χ0) is 9.84. The molecule has 1 aliphatic heterocycles. The molecule has 74 valence electrons. The molecule has 0 aromatic heterocycles. The summed E-state index contributed by atoms with van der Waals surface area (Å²) in [5.41, 5.74) is 0. The van der Waals surface area contributed by atoms with Crippen molar-refractivity contribution in [2.45, 2.75) is 32.7 Å². The van der Waals surface area contributed by atoms with Gasteiger partial charge in [0.2, 0.25) is 0 Å². The first-order valence-corrected chi connectivity index (χ1v) is 4.60. The van der Waals surface area contributed by atoms with E-state index in [4.69, 9.17) is 4.74 Å². The third kappa shape index (κ3) is 2.44. The van der Waals surface area contributed by atoms with Crippen molar-refractivity contribution in [1.82, 2.24) is 4.90 Å². The predicted octanol–water partition coefficient (Wildman–Crippen LogP) is 1.20. The third-order valence-electron chi connectivity index (χ3n) is 2.07. The average Bonchev–Trinajstić information content (AvgIpc) is 2.41. The summed E-state index contributed by atoms with van der Waals surface area (Å²) in [5.74, 6) is 0.112. The van der Waals surface area contributed by atoms with E-state index in [1.165, 1.54) is 4.90 Å². The van der Waals surface area contributed by atoms with Crippen molar-refractivity contribution >= 4 is 11.9 Å². The fourth-order valence-corrected chi connectivity index (χ4v) is 1.37. The summed E-state index contributed by atoms with van der Waals surface area (Å²) in [4.78, 5) is 23.8. The average molecular weight is 185 g/mol. The normalized spacial score (nSPS) is 22.2. The molecule has 1 aliphatic rings. The molecule has 0 N–H and O–H groups in total. The van der Waals surface area contributed by atoms with Gasteiger partial charge in [-0.15, -0.1) is 0 Å². The Hall–Kier alpha value is -1.06. The lowest BCUT2D eigenvalue weighted by Gasteiger charge is -2.19. The van der Waals surface area contributed by atoms with Gasteiger partial charge in [0.1, 0.15) is 0 Å². The summed E-state index contributed by atoms with van der Waals surface area (Å²) in [5, 5.41) is 0. The first-order valence-electron chi connectivity index (χ1n) is 4.60. The van der Waals surface area contributed by atoms with Gasteiger partial charge in [0.05, 0.1) is 13.2 Å². The smallest absolute Gasteiger partial charge is 0.410 e. The van der Waals surface area contributed by atoms with E-state index in [2.05, 4.69) is 0 Å². The van der Waals surface area contributed by atoms with Crippen LogP contribution in [0, 0.1) is 0 Å². The molecule has 1 fully saturated rings. The quantitative estimate of drug-likeness (QED) is 0.649. The number of hydrogen-bond donors (Lipinski definition) is 0. The maximum Gasteiger partial charge on any atom is 0.410 e. The molecule has 0 aromatic carbocycles. The SMILES string of the molecule is CCCOC(=O)N1CC(=O)CC1C. The van der Waals surface area contributed by atoms with Gasteiger partial charge < -0.3 is 4.74 Å². The number of amides is 1. The number of carbonyl (C=O) groups is 2. The van der Waals surface area contributed by atoms with Gasteiger partial charge in [-0.2, -0.15) is 0 Å². The Balaban J connectivity index is 2.42. The highest BCUT2D eigenvalue weighted by atomic mass is 16.6. The van der Waals surface area contributed by atoms with E-state index in [-0.39, 0.29) is 24.5 Å². The second-order valence-corrected chi connectivity index (χ2v) is 3.33. The summed E-state index contributed by atoms with van der Waals surface area (Å²) in [7, 11) is 0. The third-order valence-corrected chi connectivity index (χ3v) is 2.07. The Morgan fingerprint density at radius 1 is 1.69 bits per heavy atom. The van der Waals surface area contributed by atoms with Gasteiger partial charge in [-0.1, -0.05) is 6.92 Å². The highest BCUT2D eigenvalue weighted by molar-refractivity contribution is 5.88. The second kappa shape index (κ2) is 4.25. The predicted molar refractivity (Wildman–Crippen MR) is 47.4 cm³/mol. The Kier molecular flexibility index (Phi) is 3.28. The minimum atomic E-state index is -0.361. The monoisotopic (exact) mass is 185 g/mol. The summed E-state index contributed by atoms with van der Waals surface area (Å²) >= 11 is 0. The fourth-order valence-electron chi connectivity index (χ4n) is 1.37. The van der Waals surface area contributed by atoms with E-state index in [0.29, 0.717) is 13.0 Å². The molecule has 0 radical (unpaired) electrons. The largest absolute Gasteiger partial charge is 0.449 e. The van der Waals surface area contributed by atoms with Crippen LogP contribution >= 0.6 is 0 Å². The zero-order valence-electron chi connectivity index (χ0n) is 8.08. The van der Waals surface area contributed by atoms with Crippen LogP contribution < -0.4 is 0 Å². The summed E-state index contributed by atoms with van der Waals surface area (Å²) < 4.78 is 4.93. The van der Waals surface area contributed by atoms with Crippen molar-refractivity contribution in [2.75, 3.05) is 13.2 Å². The maximum atomic E-state index is 11.3. The minimum Gasteiger partial charge on any atom is -0.449 e. The Bertz CT molecular complexity index is 215. The van der Waals surface area contributed by atoms with Crippen LogP contribution in [0.3, 0.4) is 0 Å². The molecule has 1 rings (SSSR count). The van der Waals surface area contributed by atoms with Crippen molar-refractivity contribution in [2.24, 2.45) is 0 Å². The number of likely N-dealkylation sites (tertiary alicyclic amines) is 1. The number of hydrogen-bond acceptors (Lipinski definition) is 3. The Morgan fingerprint density at radius 2 is 2.38 bits per heavy atom. The van der Waals surface area contributed by atoms with Crippen LogP contribution in [0.1, 0.15) is 26.7 Å². The van der Waals surface area contributed by atoms with Crippen LogP contribution in [0.2, 0.25) is 0 Å². The van der Waals surface area contributed by atoms with Crippen molar-refractivity contribution < 1.29 is 14.3 Å². The summed E-state index contributed by atoms with van der Waals surface area (Å²) in [6.07, 6.45) is 0.906. The van der Waals surface area contributed by atoms with Gasteiger partial charge in [-0.05, 0) is 13.3 Å². The van der Waals surface area contributed by atoms with Crippen LogP contribution in [0.4, 0.5) is 4.79 Å². The molecular formula is C9H15NO3. The molecular weight excluding hydrogens is 170 g/mol.